The molecular formula is C17H19N3O. The summed E-state index contributed by atoms with van der Waals surface area (Å²) in [5.74, 6) is -0.0572. The summed E-state index contributed by atoms with van der Waals surface area (Å²) >= 11 is 0. The molecule has 0 spiro atoms. The van der Waals surface area contributed by atoms with E-state index in [2.05, 4.69) is 27.8 Å². The van der Waals surface area contributed by atoms with Crippen molar-refractivity contribution in [3.05, 3.63) is 65.5 Å². The summed E-state index contributed by atoms with van der Waals surface area (Å²) in [5, 5.41) is 6.41. The van der Waals surface area contributed by atoms with Gasteiger partial charge in [-0.2, -0.15) is 0 Å². The SMILES string of the molecule is CC(NC(=O)C1CNCc2ccccc21)c1ccncc1. The minimum absolute atomic E-state index is 0.0189. The normalized spacial score (nSPS) is 18.6. The number of rotatable bonds is 3. The van der Waals surface area contributed by atoms with Crippen LogP contribution in [0.5, 0.6) is 0 Å². The van der Waals surface area contributed by atoms with Crippen molar-refractivity contribution in [3.63, 3.8) is 0 Å². The lowest BCUT2D eigenvalue weighted by Gasteiger charge is -2.27. The summed E-state index contributed by atoms with van der Waals surface area (Å²) in [4.78, 5) is 16.6. The van der Waals surface area contributed by atoms with E-state index in [0.29, 0.717) is 6.54 Å². The number of pyridine rings is 1. The van der Waals surface area contributed by atoms with Gasteiger partial charge in [0.25, 0.3) is 0 Å². The van der Waals surface area contributed by atoms with Crippen molar-refractivity contribution in [2.45, 2.75) is 25.4 Å². The van der Waals surface area contributed by atoms with Crippen LogP contribution in [0, 0.1) is 0 Å². The van der Waals surface area contributed by atoms with Crippen LogP contribution in [-0.4, -0.2) is 17.4 Å². The molecule has 3 rings (SSSR count). The first-order valence-corrected chi connectivity index (χ1v) is 7.24. The van der Waals surface area contributed by atoms with Crippen LogP contribution >= 0.6 is 0 Å². The van der Waals surface area contributed by atoms with Crippen molar-refractivity contribution in [3.8, 4) is 0 Å². The molecule has 0 aliphatic carbocycles. The minimum atomic E-state index is -0.126. The maximum absolute atomic E-state index is 12.6. The van der Waals surface area contributed by atoms with Gasteiger partial charge in [-0.1, -0.05) is 24.3 Å². The highest BCUT2D eigenvalue weighted by atomic mass is 16.2. The van der Waals surface area contributed by atoms with Gasteiger partial charge in [-0.15, -0.1) is 0 Å². The van der Waals surface area contributed by atoms with Crippen LogP contribution < -0.4 is 10.6 Å². The molecule has 1 aliphatic heterocycles. The Bertz CT molecular complexity index is 627. The average molecular weight is 281 g/mol. The van der Waals surface area contributed by atoms with Crippen LogP contribution in [0.25, 0.3) is 0 Å². The van der Waals surface area contributed by atoms with Gasteiger partial charge in [0.15, 0.2) is 0 Å². The van der Waals surface area contributed by atoms with E-state index in [1.54, 1.807) is 12.4 Å². The number of nitrogens with one attached hydrogen (secondary N) is 2. The molecule has 1 aromatic carbocycles. The average Bonchev–Trinajstić information content (AvgIpc) is 2.55. The number of fused-ring (bicyclic) bond motifs is 1. The van der Waals surface area contributed by atoms with Crippen molar-refractivity contribution in [1.29, 1.82) is 0 Å². The number of hydrogen-bond donors (Lipinski definition) is 2. The van der Waals surface area contributed by atoms with Gasteiger partial charge in [0.05, 0.1) is 12.0 Å². The quantitative estimate of drug-likeness (QED) is 0.906. The van der Waals surface area contributed by atoms with E-state index in [4.69, 9.17) is 0 Å². The maximum atomic E-state index is 12.6. The Balaban J connectivity index is 1.75. The number of carbonyl (C=O) groups excluding carboxylic acids is 1. The first-order valence-electron chi connectivity index (χ1n) is 7.24. The Morgan fingerprint density at radius 3 is 2.86 bits per heavy atom. The topological polar surface area (TPSA) is 54.0 Å². The van der Waals surface area contributed by atoms with Crippen molar-refractivity contribution in [2.75, 3.05) is 6.54 Å². The molecule has 0 bridgehead atoms. The molecule has 2 N–H and O–H groups in total. The lowest BCUT2D eigenvalue weighted by Crippen LogP contribution is -2.39. The summed E-state index contributed by atoms with van der Waals surface area (Å²) in [6, 6.07) is 12.0. The van der Waals surface area contributed by atoms with Crippen LogP contribution in [-0.2, 0) is 11.3 Å². The van der Waals surface area contributed by atoms with Crippen molar-refractivity contribution in [2.24, 2.45) is 0 Å². The van der Waals surface area contributed by atoms with E-state index in [9.17, 15) is 4.79 Å². The van der Waals surface area contributed by atoms with E-state index >= 15 is 0 Å². The molecule has 108 valence electrons. The smallest absolute Gasteiger partial charge is 0.229 e. The van der Waals surface area contributed by atoms with Crippen LogP contribution in [0.1, 0.15) is 35.6 Å². The second-order valence-electron chi connectivity index (χ2n) is 5.39. The molecule has 2 unspecified atom stereocenters. The third-order valence-corrected chi connectivity index (χ3v) is 3.98. The Morgan fingerprint density at radius 1 is 1.29 bits per heavy atom. The molecule has 2 heterocycles. The van der Waals surface area contributed by atoms with Crippen LogP contribution in [0.3, 0.4) is 0 Å². The number of hydrogen-bond acceptors (Lipinski definition) is 3. The second kappa shape index (κ2) is 6.06. The van der Waals surface area contributed by atoms with Gasteiger partial charge in [-0.25, -0.2) is 0 Å². The second-order valence-corrected chi connectivity index (χ2v) is 5.39. The zero-order valence-electron chi connectivity index (χ0n) is 12.0. The van der Waals surface area contributed by atoms with Gasteiger partial charge >= 0.3 is 0 Å². The molecule has 1 aliphatic rings. The molecule has 0 saturated carbocycles. The predicted octanol–water partition coefficient (Wildman–Crippen LogP) is 2.15. The van der Waals surface area contributed by atoms with E-state index in [0.717, 1.165) is 17.7 Å². The van der Waals surface area contributed by atoms with Gasteiger partial charge in [0.2, 0.25) is 5.91 Å². The molecule has 4 heteroatoms. The molecule has 1 amide bonds. The molecule has 2 aromatic rings. The van der Waals surface area contributed by atoms with Crippen molar-refractivity contribution < 1.29 is 4.79 Å². The lowest BCUT2D eigenvalue weighted by molar-refractivity contribution is -0.123. The summed E-state index contributed by atoms with van der Waals surface area (Å²) < 4.78 is 0. The van der Waals surface area contributed by atoms with Crippen LogP contribution in [0.15, 0.2) is 48.8 Å². The summed E-state index contributed by atoms with van der Waals surface area (Å²) in [5.41, 5.74) is 3.41. The van der Waals surface area contributed by atoms with Gasteiger partial charge in [0.1, 0.15) is 0 Å². The predicted molar refractivity (Wildman–Crippen MR) is 81.7 cm³/mol. The molecule has 21 heavy (non-hydrogen) atoms. The minimum Gasteiger partial charge on any atom is -0.349 e. The van der Waals surface area contributed by atoms with E-state index in [-0.39, 0.29) is 17.9 Å². The van der Waals surface area contributed by atoms with Crippen molar-refractivity contribution >= 4 is 5.91 Å². The van der Waals surface area contributed by atoms with E-state index < -0.39 is 0 Å². The number of amides is 1. The molecule has 0 fully saturated rings. The zero-order chi connectivity index (χ0) is 14.7. The summed E-state index contributed by atoms with van der Waals surface area (Å²) in [6.07, 6.45) is 3.49. The highest BCUT2D eigenvalue weighted by Crippen LogP contribution is 2.24. The molecule has 0 saturated heterocycles. The fraction of sp³-hybridized carbons (Fsp3) is 0.294. The Kier molecular flexibility index (Phi) is 3.97. The third-order valence-electron chi connectivity index (χ3n) is 3.98. The lowest BCUT2D eigenvalue weighted by atomic mass is 9.90. The molecule has 2 atom stereocenters. The first-order chi connectivity index (χ1) is 10.3. The molecule has 1 aromatic heterocycles. The first kappa shape index (κ1) is 13.8. The van der Waals surface area contributed by atoms with E-state index in [1.165, 1.54) is 5.56 Å². The van der Waals surface area contributed by atoms with E-state index in [1.807, 2.05) is 31.2 Å². The fourth-order valence-corrected chi connectivity index (χ4v) is 2.78. The largest absolute Gasteiger partial charge is 0.349 e. The van der Waals surface area contributed by atoms with Crippen molar-refractivity contribution in [1.82, 2.24) is 15.6 Å². The monoisotopic (exact) mass is 281 g/mol. The Morgan fingerprint density at radius 2 is 2.05 bits per heavy atom. The molecular weight excluding hydrogens is 262 g/mol. The van der Waals surface area contributed by atoms with Gasteiger partial charge < -0.3 is 10.6 Å². The Labute approximate surface area is 124 Å². The molecule has 0 radical (unpaired) electrons. The third kappa shape index (κ3) is 2.95. The standard InChI is InChI=1S/C17H19N3O/c1-12(13-6-8-18-9-7-13)20-17(21)16-11-19-10-14-4-2-3-5-15(14)16/h2-9,12,16,19H,10-11H2,1H3,(H,20,21). The summed E-state index contributed by atoms with van der Waals surface area (Å²) in [7, 11) is 0. The highest BCUT2D eigenvalue weighted by Gasteiger charge is 2.26. The number of aromatic nitrogens is 1. The highest BCUT2D eigenvalue weighted by molar-refractivity contribution is 5.85. The van der Waals surface area contributed by atoms with Gasteiger partial charge in [-0.05, 0) is 35.7 Å². The zero-order valence-corrected chi connectivity index (χ0v) is 12.0. The van der Waals surface area contributed by atoms with Gasteiger partial charge in [0, 0.05) is 25.5 Å². The van der Waals surface area contributed by atoms with Crippen LogP contribution in [0.4, 0.5) is 0 Å². The fourth-order valence-electron chi connectivity index (χ4n) is 2.78. The maximum Gasteiger partial charge on any atom is 0.229 e. The van der Waals surface area contributed by atoms with Gasteiger partial charge in [-0.3, -0.25) is 9.78 Å². The van der Waals surface area contributed by atoms with Crippen LogP contribution in [0.2, 0.25) is 0 Å². The molecule has 4 nitrogen and oxygen atoms in total. The number of carbonyl (C=O) groups is 1. The Hall–Kier alpha value is -2.20. The number of benzene rings is 1. The number of nitrogens with zero attached hydrogens (tertiary/aromatic N) is 1. The summed E-state index contributed by atoms with van der Waals surface area (Å²) in [6.45, 7) is 3.52.